The molecule has 2 aromatic carbocycles. The minimum Gasteiger partial charge on any atom is -0.447 e. The molecule has 1 aliphatic carbocycles. The van der Waals surface area contributed by atoms with E-state index in [0.29, 0.717) is 5.56 Å². The monoisotopic (exact) mass is 716 g/mol. The van der Waals surface area contributed by atoms with Crippen molar-refractivity contribution in [3.8, 4) is 16.9 Å². The Morgan fingerprint density at radius 2 is 1.82 bits per heavy atom. The number of nitrogens with two attached hydrogens (primary N) is 1. The molecular weight excluding hydrogens is 683 g/mol. The molecule has 11 nitrogen and oxygen atoms in total. The number of carbonyl (C=O) groups is 2. The van der Waals surface area contributed by atoms with Gasteiger partial charge in [0.25, 0.3) is 12.3 Å². The van der Waals surface area contributed by atoms with Gasteiger partial charge in [0.2, 0.25) is 0 Å². The summed E-state index contributed by atoms with van der Waals surface area (Å²) in [5.41, 5.74) is 4.62. The normalized spacial score (nSPS) is 19.4. The molecule has 0 unspecified atom stereocenters. The molecule has 3 heterocycles. The first-order valence-corrected chi connectivity index (χ1v) is 16.4. The van der Waals surface area contributed by atoms with Crippen LogP contribution >= 0.6 is 11.5 Å². The molecule has 2 atom stereocenters. The number of amides is 2. The number of alkyl carbamates (subject to hydrolysis) is 1. The van der Waals surface area contributed by atoms with Crippen LogP contribution in [0.4, 0.5) is 26.7 Å². The Hall–Kier alpha value is -4.93. The number of hydrogen-bond acceptors (Lipinski definition) is 9. The molecule has 1 saturated carbocycles. The zero-order valence-corrected chi connectivity index (χ0v) is 27.9. The minimum atomic E-state index is -4.69. The zero-order chi connectivity index (χ0) is 36.1. The molecular formula is C33H33F5N8O3S. The number of ether oxygens (including phenoxy) is 1. The van der Waals surface area contributed by atoms with E-state index < -0.39 is 59.6 Å². The lowest BCUT2D eigenvalue weighted by Gasteiger charge is -2.35. The van der Waals surface area contributed by atoms with Crippen LogP contribution in [-0.4, -0.2) is 60.3 Å². The number of carbonyl (C=O) groups excluding carboxylic acids is 2. The van der Waals surface area contributed by atoms with Gasteiger partial charge in [0.05, 0.1) is 17.4 Å². The lowest BCUT2D eigenvalue weighted by atomic mass is 9.75. The maximum absolute atomic E-state index is 14.8. The van der Waals surface area contributed by atoms with Crippen molar-refractivity contribution in [2.24, 2.45) is 16.1 Å². The lowest BCUT2D eigenvalue weighted by molar-refractivity contribution is -0.164. The molecule has 0 bridgehead atoms. The summed E-state index contributed by atoms with van der Waals surface area (Å²) >= 11 is 1.30. The molecule has 264 valence electrons. The van der Waals surface area contributed by atoms with Crippen LogP contribution in [0.15, 0.2) is 71.3 Å². The Kier molecular flexibility index (Phi) is 8.90. The zero-order valence-electron chi connectivity index (χ0n) is 27.1. The van der Waals surface area contributed by atoms with E-state index in [9.17, 15) is 31.5 Å². The highest BCUT2D eigenvalue weighted by atomic mass is 32.1. The standard InChI is InChI=1S/C33H33F5N8O3S/c1-30(2,3)17-32(21-9-7-19(8-10-21)23-11-14-50-44-23)27(47)45(28(39)42-32)24(16-49-29(48)43-31(12-13-31)33(36,37)38)20-5-4-6-22(15-20)46-26(25(34)35)40-18-41-46/h4-11,14-15,18,24-25H,12-13,16-17H2,1-3H3,(H2,39,42)(H,43,48)/t24-,32-/m1/s1. The van der Waals surface area contributed by atoms with Gasteiger partial charge in [-0.15, -0.1) is 0 Å². The molecule has 50 heavy (non-hydrogen) atoms. The second kappa shape index (κ2) is 12.8. The molecule has 17 heteroatoms. The van der Waals surface area contributed by atoms with Gasteiger partial charge >= 0.3 is 12.3 Å². The third-order valence-electron chi connectivity index (χ3n) is 8.59. The first kappa shape index (κ1) is 34.9. The van der Waals surface area contributed by atoms with Crippen LogP contribution in [0.1, 0.15) is 69.5 Å². The van der Waals surface area contributed by atoms with Crippen LogP contribution in [0.25, 0.3) is 16.9 Å². The number of aliphatic imine (C=N–C) groups is 1. The molecule has 2 amide bonds. The molecule has 2 aliphatic rings. The Morgan fingerprint density at radius 3 is 2.42 bits per heavy atom. The summed E-state index contributed by atoms with van der Waals surface area (Å²) in [5.74, 6) is -1.45. The third kappa shape index (κ3) is 6.65. The van der Waals surface area contributed by atoms with E-state index in [1.54, 1.807) is 18.2 Å². The number of halogens is 5. The fraction of sp³-hybridized carbons (Fsp3) is 0.394. The van der Waals surface area contributed by atoms with Crippen molar-refractivity contribution in [2.75, 3.05) is 6.61 Å². The number of nitrogens with zero attached hydrogens (tertiary/aromatic N) is 6. The summed E-state index contributed by atoms with van der Waals surface area (Å²) in [6.07, 6.45) is -8.45. The molecule has 0 spiro atoms. The van der Waals surface area contributed by atoms with Crippen molar-refractivity contribution in [1.82, 2.24) is 29.4 Å². The average molecular weight is 717 g/mol. The largest absolute Gasteiger partial charge is 0.447 e. The molecule has 0 radical (unpaired) electrons. The van der Waals surface area contributed by atoms with Gasteiger partial charge in [0.1, 0.15) is 18.5 Å². The van der Waals surface area contributed by atoms with Crippen LogP contribution in [0, 0.1) is 5.41 Å². The molecule has 4 aromatic rings. The summed E-state index contributed by atoms with van der Waals surface area (Å²) in [4.78, 5) is 37.1. The molecule has 3 N–H and O–H groups in total. The number of alkyl halides is 5. The van der Waals surface area contributed by atoms with Crippen molar-refractivity contribution in [1.29, 1.82) is 0 Å². The Balaban J connectivity index is 1.39. The van der Waals surface area contributed by atoms with Gasteiger partial charge in [-0.1, -0.05) is 57.2 Å². The van der Waals surface area contributed by atoms with Crippen molar-refractivity contribution in [2.45, 2.75) is 69.8 Å². The molecule has 1 fully saturated rings. The van der Waals surface area contributed by atoms with E-state index in [-0.39, 0.29) is 36.5 Å². The number of aromatic nitrogens is 4. The van der Waals surface area contributed by atoms with Gasteiger partial charge in [0, 0.05) is 10.9 Å². The number of benzene rings is 2. The number of rotatable bonds is 10. The summed E-state index contributed by atoms with van der Waals surface area (Å²) in [5, 5.41) is 7.65. The highest BCUT2D eigenvalue weighted by Crippen LogP contribution is 2.49. The van der Waals surface area contributed by atoms with Crippen LogP contribution in [-0.2, 0) is 15.1 Å². The van der Waals surface area contributed by atoms with Gasteiger partial charge in [-0.05, 0) is 65.5 Å². The van der Waals surface area contributed by atoms with E-state index >= 15 is 0 Å². The first-order chi connectivity index (χ1) is 23.5. The number of guanidine groups is 1. The SMILES string of the molecule is CC(C)(C)C[C@]1(c2ccc(-c3ccsn3)cc2)N=C(N)N([C@H](COC(=O)NC2(C(F)(F)F)CC2)c2cccc(-n3ncnc3C(F)F)c2)C1=O. The quantitative estimate of drug-likeness (QED) is 0.175. The summed E-state index contributed by atoms with van der Waals surface area (Å²) < 4.78 is 78.9. The molecule has 0 saturated heterocycles. The Morgan fingerprint density at radius 1 is 1.10 bits per heavy atom. The predicted molar refractivity (Wildman–Crippen MR) is 173 cm³/mol. The summed E-state index contributed by atoms with van der Waals surface area (Å²) in [7, 11) is 0. The van der Waals surface area contributed by atoms with E-state index in [2.05, 4.69) is 14.5 Å². The van der Waals surface area contributed by atoms with Crippen molar-refractivity contribution in [3.05, 3.63) is 83.3 Å². The highest BCUT2D eigenvalue weighted by molar-refractivity contribution is 7.03. The van der Waals surface area contributed by atoms with Crippen LogP contribution in [0.5, 0.6) is 0 Å². The number of hydrogen-bond donors (Lipinski definition) is 2. The van der Waals surface area contributed by atoms with E-state index in [1.807, 2.05) is 49.7 Å². The van der Waals surface area contributed by atoms with Crippen LogP contribution in [0.2, 0.25) is 0 Å². The minimum absolute atomic E-state index is 0.138. The van der Waals surface area contributed by atoms with Gasteiger partial charge in [-0.2, -0.15) is 22.6 Å². The Labute approximate surface area is 287 Å². The lowest BCUT2D eigenvalue weighted by Crippen LogP contribution is -2.50. The highest BCUT2D eigenvalue weighted by Gasteiger charge is 2.64. The summed E-state index contributed by atoms with van der Waals surface area (Å²) in [6.45, 7) is 5.14. The maximum atomic E-state index is 14.8. The van der Waals surface area contributed by atoms with E-state index in [1.165, 1.54) is 29.7 Å². The van der Waals surface area contributed by atoms with Crippen molar-refractivity contribution >= 4 is 29.5 Å². The topological polar surface area (TPSA) is 141 Å². The van der Waals surface area contributed by atoms with E-state index in [4.69, 9.17) is 15.5 Å². The van der Waals surface area contributed by atoms with Crippen molar-refractivity contribution in [3.63, 3.8) is 0 Å². The van der Waals surface area contributed by atoms with Crippen molar-refractivity contribution < 1.29 is 36.3 Å². The van der Waals surface area contributed by atoms with Gasteiger partial charge < -0.3 is 15.8 Å². The summed E-state index contributed by atoms with van der Waals surface area (Å²) in [6, 6.07) is 13.7. The fourth-order valence-electron chi connectivity index (χ4n) is 6.12. The maximum Gasteiger partial charge on any atom is 0.411 e. The second-order valence-electron chi connectivity index (χ2n) is 13.4. The van der Waals surface area contributed by atoms with Gasteiger partial charge in [-0.25, -0.2) is 28.2 Å². The van der Waals surface area contributed by atoms with Gasteiger partial charge in [-0.3, -0.25) is 9.69 Å². The molecule has 6 rings (SSSR count). The first-order valence-electron chi connectivity index (χ1n) is 15.5. The molecule has 2 aromatic heterocycles. The van der Waals surface area contributed by atoms with Crippen LogP contribution < -0.4 is 11.1 Å². The average Bonchev–Trinajstić information content (AvgIpc) is 3.38. The fourth-order valence-corrected chi connectivity index (χ4v) is 6.66. The Bertz CT molecular complexity index is 1900. The number of nitrogens with one attached hydrogen (secondary N) is 1. The predicted octanol–water partition coefficient (Wildman–Crippen LogP) is 6.68. The van der Waals surface area contributed by atoms with Gasteiger partial charge in [0.15, 0.2) is 17.3 Å². The smallest absolute Gasteiger partial charge is 0.411 e. The molecule has 1 aliphatic heterocycles. The second-order valence-corrected chi connectivity index (χ2v) is 14.1. The van der Waals surface area contributed by atoms with Crippen LogP contribution in [0.3, 0.4) is 0 Å². The van der Waals surface area contributed by atoms with E-state index in [0.717, 1.165) is 27.2 Å². The third-order valence-corrected chi connectivity index (χ3v) is 9.15.